The van der Waals surface area contributed by atoms with Crippen LogP contribution in [0.2, 0.25) is 0 Å². The molecular formula is C14H14N4O3. The lowest BCUT2D eigenvalue weighted by Crippen LogP contribution is -2.05. The Labute approximate surface area is 120 Å². The molecule has 7 nitrogen and oxygen atoms in total. The van der Waals surface area contributed by atoms with Crippen molar-refractivity contribution in [2.75, 3.05) is 0 Å². The maximum atomic E-state index is 11.2. The van der Waals surface area contributed by atoms with Crippen molar-refractivity contribution < 1.29 is 14.4 Å². The third kappa shape index (κ3) is 2.49. The molecule has 0 unspecified atom stereocenters. The molecule has 108 valence electrons. The van der Waals surface area contributed by atoms with E-state index in [0.29, 0.717) is 17.1 Å². The van der Waals surface area contributed by atoms with Gasteiger partial charge >= 0.3 is 5.97 Å². The first-order valence-electron chi connectivity index (χ1n) is 6.69. The van der Waals surface area contributed by atoms with Crippen molar-refractivity contribution >= 4 is 16.9 Å². The number of benzene rings is 1. The summed E-state index contributed by atoms with van der Waals surface area (Å²) >= 11 is 0. The average Bonchev–Trinajstić information content (AvgIpc) is 3.05. The normalized spacial score (nSPS) is 11.1. The molecule has 3 aromatic rings. The van der Waals surface area contributed by atoms with Crippen molar-refractivity contribution in [3.05, 3.63) is 41.7 Å². The van der Waals surface area contributed by atoms with E-state index in [2.05, 4.69) is 15.2 Å². The molecule has 7 heteroatoms. The van der Waals surface area contributed by atoms with Crippen LogP contribution in [0.15, 0.2) is 28.8 Å². The quantitative estimate of drug-likeness (QED) is 0.772. The van der Waals surface area contributed by atoms with Gasteiger partial charge in [0.2, 0.25) is 5.89 Å². The summed E-state index contributed by atoms with van der Waals surface area (Å²) in [6, 6.07) is 7.18. The van der Waals surface area contributed by atoms with Gasteiger partial charge < -0.3 is 9.63 Å². The molecule has 0 saturated heterocycles. The molecule has 0 aliphatic rings. The molecule has 0 amide bonds. The van der Waals surface area contributed by atoms with Crippen LogP contribution >= 0.6 is 0 Å². The molecule has 0 spiro atoms. The largest absolute Gasteiger partial charge is 0.476 e. The Bertz CT molecular complexity index is 790. The lowest BCUT2D eigenvalue weighted by atomic mass is 10.2. The summed E-state index contributed by atoms with van der Waals surface area (Å²) in [5, 5.41) is 17.8. The number of carboxylic acid groups (broad SMARTS) is 1. The van der Waals surface area contributed by atoms with Crippen LogP contribution in [0.3, 0.4) is 0 Å². The topological polar surface area (TPSA) is 94.0 Å². The van der Waals surface area contributed by atoms with Crippen molar-refractivity contribution in [1.82, 2.24) is 19.9 Å². The van der Waals surface area contributed by atoms with Crippen molar-refractivity contribution in [2.45, 2.75) is 26.3 Å². The Morgan fingerprint density at radius 1 is 1.38 bits per heavy atom. The first-order valence-corrected chi connectivity index (χ1v) is 6.69. The van der Waals surface area contributed by atoms with Crippen LogP contribution in [0.5, 0.6) is 0 Å². The number of para-hydroxylation sites is 1. The SMILES string of the molecule is CCCc1nc(Cn2nc(C(=O)O)c3ccccc32)no1. The molecule has 0 radical (unpaired) electrons. The van der Waals surface area contributed by atoms with Gasteiger partial charge in [-0.3, -0.25) is 4.68 Å². The number of aryl methyl sites for hydroxylation is 1. The maximum absolute atomic E-state index is 11.2. The lowest BCUT2D eigenvalue weighted by Gasteiger charge is -1.98. The molecule has 3 rings (SSSR count). The fourth-order valence-electron chi connectivity index (χ4n) is 2.21. The smallest absolute Gasteiger partial charge is 0.357 e. The molecular weight excluding hydrogens is 272 g/mol. The van der Waals surface area contributed by atoms with Gasteiger partial charge in [-0.15, -0.1) is 0 Å². The predicted octanol–water partition coefficient (Wildman–Crippen LogP) is 2.12. The molecule has 1 N–H and O–H groups in total. The van der Waals surface area contributed by atoms with Crippen LogP contribution in [-0.2, 0) is 13.0 Å². The maximum Gasteiger partial charge on any atom is 0.357 e. The van der Waals surface area contributed by atoms with Gasteiger partial charge in [-0.2, -0.15) is 10.1 Å². The molecule has 0 aliphatic heterocycles. The van der Waals surface area contributed by atoms with Crippen molar-refractivity contribution in [3.8, 4) is 0 Å². The molecule has 0 atom stereocenters. The minimum absolute atomic E-state index is 0.0304. The summed E-state index contributed by atoms with van der Waals surface area (Å²) in [5.41, 5.74) is 0.764. The van der Waals surface area contributed by atoms with E-state index in [1.165, 1.54) is 0 Å². The van der Waals surface area contributed by atoms with E-state index in [1.807, 2.05) is 19.1 Å². The fourth-order valence-corrected chi connectivity index (χ4v) is 2.21. The lowest BCUT2D eigenvalue weighted by molar-refractivity contribution is 0.0691. The number of aromatic carboxylic acids is 1. The predicted molar refractivity (Wildman–Crippen MR) is 74.1 cm³/mol. The van der Waals surface area contributed by atoms with E-state index in [9.17, 15) is 9.90 Å². The zero-order valence-corrected chi connectivity index (χ0v) is 11.5. The van der Waals surface area contributed by atoms with Crippen LogP contribution in [0.4, 0.5) is 0 Å². The van der Waals surface area contributed by atoms with E-state index in [1.54, 1.807) is 16.8 Å². The zero-order valence-electron chi connectivity index (χ0n) is 11.5. The number of hydrogen-bond acceptors (Lipinski definition) is 5. The second-order valence-corrected chi connectivity index (χ2v) is 4.68. The second kappa shape index (κ2) is 5.35. The van der Waals surface area contributed by atoms with Gasteiger partial charge in [-0.25, -0.2) is 4.79 Å². The highest BCUT2D eigenvalue weighted by Crippen LogP contribution is 2.19. The van der Waals surface area contributed by atoms with Crippen LogP contribution in [0, 0.1) is 0 Å². The van der Waals surface area contributed by atoms with Crippen molar-refractivity contribution in [1.29, 1.82) is 0 Å². The molecule has 2 heterocycles. The summed E-state index contributed by atoms with van der Waals surface area (Å²) in [6.45, 7) is 2.31. The zero-order chi connectivity index (χ0) is 14.8. The molecule has 0 saturated carbocycles. The summed E-state index contributed by atoms with van der Waals surface area (Å²) < 4.78 is 6.71. The highest BCUT2D eigenvalue weighted by Gasteiger charge is 2.17. The minimum atomic E-state index is -1.05. The third-order valence-electron chi connectivity index (χ3n) is 3.13. The summed E-state index contributed by atoms with van der Waals surface area (Å²) in [6.07, 6.45) is 1.66. The number of carbonyl (C=O) groups is 1. The van der Waals surface area contributed by atoms with Crippen LogP contribution in [-0.4, -0.2) is 31.0 Å². The highest BCUT2D eigenvalue weighted by atomic mass is 16.5. The van der Waals surface area contributed by atoms with E-state index in [-0.39, 0.29) is 12.2 Å². The molecule has 1 aromatic carbocycles. The number of carboxylic acids is 1. The standard InChI is InChI=1S/C14H14N4O3/c1-2-5-12-15-11(17-21-12)8-18-10-7-4-3-6-9(10)13(16-18)14(19)20/h3-4,6-7H,2,5,8H2,1H3,(H,19,20). The van der Waals surface area contributed by atoms with E-state index >= 15 is 0 Å². The number of nitrogens with zero attached hydrogens (tertiary/aromatic N) is 4. The summed E-state index contributed by atoms with van der Waals surface area (Å²) in [4.78, 5) is 15.5. The number of fused-ring (bicyclic) bond motifs is 1. The van der Waals surface area contributed by atoms with Crippen LogP contribution in [0.1, 0.15) is 35.5 Å². The molecule has 0 bridgehead atoms. The molecule has 2 aromatic heterocycles. The highest BCUT2D eigenvalue weighted by molar-refractivity contribution is 6.01. The average molecular weight is 286 g/mol. The van der Waals surface area contributed by atoms with Crippen molar-refractivity contribution in [2.24, 2.45) is 0 Å². The Morgan fingerprint density at radius 3 is 2.95 bits per heavy atom. The Balaban J connectivity index is 1.98. The van der Waals surface area contributed by atoms with Gasteiger partial charge in [-0.1, -0.05) is 30.3 Å². The van der Waals surface area contributed by atoms with Crippen LogP contribution < -0.4 is 0 Å². The van der Waals surface area contributed by atoms with Gasteiger partial charge in [0.05, 0.1) is 5.52 Å². The minimum Gasteiger partial charge on any atom is -0.476 e. The Hall–Kier alpha value is -2.70. The molecule has 0 aliphatic carbocycles. The van der Waals surface area contributed by atoms with Crippen molar-refractivity contribution in [3.63, 3.8) is 0 Å². The summed E-state index contributed by atoms with van der Waals surface area (Å²) in [5.74, 6) is 0.0239. The van der Waals surface area contributed by atoms with E-state index in [4.69, 9.17) is 4.52 Å². The first-order chi connectivity index (χ1) is 10.2. The first kappa shape index (κ1) is 13.3. The van der Waals surface area contributed by atoms with Gasteiger partial charge in [-0.05, 0) is 12.5 Å². The second-order valence-electron chi connectivity index (χ2n) is 4.68. The Kier molecular flexibility index (Phi) is 3.39. The van der Waals surface area contributed by atoms with Crippen LogP contribution in [0.25, 0.3) is 10.9 Å². The third-order valence-corrected chi connectivity index (χ3v) is 3.13. The molecule has 0 fully saturated rings. The number of aromatic nitrogens is 4. The van der Waals surface area contributed by atoms with Gasteiger partial charge in [0, 0.05) is 11.8 Å². The van der Waals surface area contributed by atoms with Gasteiger partial charge in [0.25, 0.3) is 0 Å². The van der Waals surface area contributed by atoms with Gasteiger partial charge in [0.15, 0.2) is 11.5 Å². The Morgan fingerprint density at radius 2 is 2.19 bits per heavy atom. The fraction of sp³-hybridized carbons (Fsp3) is 0.286. The summed E-state index contributed by atoms with van der Waals surface area (Å²) in [7, 11) is 0. The van der Waals surface area contributed by atoms with E-state index in [0.717, 1.165) is 18.4 Å². The molecule has 21 heavy (non-hydrogen) atoms. The van der Waals surface area contributed by atoms with Gasteiger partial charge in [0.1, 0.15) is 6.54 Å². The number of hydrogen-bond donors (Lipinski definition) is 1. The monoisotopic (exact) mass is 286 g/mol. The van der Waals surface area contributed by atoms with E-state index < -0.39 is 5.97 Å². The number of rotatable bonds is 5.